The van der Waals surface area contributed by atoms with Crippen LogP contribution in [0.5, 0.6) is 0 Å². The number of hydrogen-bond donors (Lipinski definition) is 0. The third-order valence-electron chi connectivity index (χ3n) is 3.07. The van der Waals surface area contributed by atoms with Gasteiger partial charge in [-0.2, -0.15) is 0 Å². The molecule has 1 aromatic carbocycles. The van der Waals surface area contributed by atoms with E-state index in [0.29, 0.717) is 6.54 Å². The lowest BCUT2D eigenvalue weighted by Crippen LogP contribution is -2.38. The fraction of sp³-hybridized carbons (Fsp3) is 0.533. The largest absolute Gasteiger partial charge is 0.459 e. The normalized spacial score (nSPS) is 16.0. The van der Waals surface area contributed by atoms with Gasteiger partial charge in [0.2, 0.25) is 0 Å². The minimum Gasteiger partial charge on any atom is -0.459 e. The Bertz CT molecular complexity index is 480. The predicted molar refractivity (Wildman–Crippen MR) is 79.0 cm³/mol. The molecule has 0 radical (unpaired) electrons. The number of ether oxygens (including phenoxy) is 1. The molecule has 1 aliphatic rings. The maximum Gasteiger partial charge on any atom is 0.320 e. The Labute approximate surface area is 123 Å². The number of hydrogen-bond acceptors (Lipinski definition) is 3. The van der Waals surface area contributed by atoms with Gasteiger partial charge in [0.25, 0.3) is 0 Å². The number of carbonyl (C=O) groups is 1. The van der Waals surface area contributed by atoms with Gasteiger partial charge in [-0.25, -0.2) is 0 Å². The molecule has 0 N–H and O–H groups in total. The van der Waals surface area contributed by atoms with Crippen molar-refractivity contribution in [2.75, 3.05) is 13.1 Å². The van der Waals surface area contributed by atoms with Crippen LogP contribution < -0.4 is 0 Å². The molecule has 1 aliphatic heterocycles. The van der Waals surface area contributed by atoms with Crippen molar-refractivity contribution in [3.8, 4) is 0 Å². The van der Waals surface area contributed by atoms with Crippen molar-refractivity contribution in [2.45, 2.75) is 39.3 Å². The SMILES string of the molecule is CC(C)(C)OC(=O)CN1CCc2cccc(Br)c2C1. The lowest BCUT2D eigenvalue weighted by Gasteiger charge is -2.29. The number of fused-ring (bicyclic) bond motifs is 1. The number of benzene rings is 1. The monoisotopic (exact) mass is 325 g/mol. The van der Waals surface area contributed by atoms with Gasteiger partial charge in [-0.3, -0.25) is 9.69 Å². The third kappa shape index (κ3) is 4.05. The summed E-state index contributed by atoms with van der Waals surface area (Å²) in [6, 6.07) is 6.27. The summed E-state index contributed by atoms with van der Waals surface area (Å²) >= 11 is 3.58. The number of halogens is 1. The second-order valence-electron chi connectivity index (χ2n) is 5.92. The lowest BCUT2D eigenvalue weighted by atomic mass is 10.00. The third-order valence-corrected chi connectivity index (χ3v) is 3.81. The molecule has 104 valence electrons. The van der Waals surface area contributed by atoms with Crippen LogP contribution in [0.2, 0.25) is 0 Å². The fourth-order valence-electron chi connectivity index (χ4n) is 2.29. The molecule has 2 rings (SSSR count). The van der Waals surface area contributed by atoms with E-state index in [-0.39, 0.29) is 5.97 Å². The number of nitrogens with zero attached hydrogens (tertiary/aromatic N) is 1. The van der Waals surface area contributed by atoms with E-state index in [1.807, 2.05) is 20.8 Å². The van der Waals surface area contributed by atoms with E-state index in [4.69, 9.17) is 4.74 Å². The first kappa shape index (κ1) is 14.5. The molecule has 19 heavy (non-hydrogen) atoms. The average molecular weight is 326 g/mol. The van der Waals surface area contributed by atoms with Gasteiger partial charge in [-0.15, -0.1) is 0 Å². The van der Waals surface area contributed by atoms with Crippen LogP contribution in [0.15, 0.2) is 22.7 Å². The molecule has 4 heteroatoms. The highest BCUT2D eigenvalue weighted by Gasteiger charge is 2.23. The summed E-state index contributed by atoms with van der Waals surface area (Å²) in [4.78, 5) is 14.0. The van der Waals surface area contributed by atoms with Crippen LogP contribution in [-0.2, 0) is 22.5 Å². The Hall–Kier alpha value is -0.870. The molecule has 3 nitrogen and oxygen atoms in total. The summed E-state index contributed by atoms with van der Waals surface area (Å²) in [6.45, 7) is 7.75. The van der Waals surface area contributed by atoms with Crippen LogP contribution in [0.25, 0.3) is 0 Å². The molecule has 0 aromatic heterocycles. The summed E-state index contributed by atoms with van der Waals surface area (Å²) in [5.41, 5.74) is 2.25. The van der Waals surface area contributed by atoms with Crippen molar-refractivity contribution in [2.24, 2.45) is 0 Å². The molecule has 1 heterocycles. The molecule has 0 atom stereocenters. The second kappa shape index (κ2) is 5.63. The van der Waals surface area contributed by atoms with Crippen molar-refractivity contribution < 1.29 is 9.53 Å². The molecule has 1 aromatic rings. The van der Waals surface area contributed by atoms with Crippen LogP contribution in [0.1, 0.15) is 31.9 Å². The van der Waals surface area contributed by atoms with Crippen LogP contribution in [0.3, 0.4) is 0 Å². The Balaban J connectivity index is 1.99. The van der Waals surface area contributed by atoms with Crippen molar-refractivity contribution in [1.29, 1.82) is 0 Å². The fourth-order valence-corrected chi connectivity index (χ4v) is 2.82. The summed E-state index contributed by atoms with van der Waals surface area (Å²) in [5, 5.41) is 0. The van der Waals surface area contributed by atoms with Gasteiger partial charge >= 0.3 is 5.97 Å². The average Bonchev–Trinajstić information content (AvgIpc) is 2.27. The highest BCUT2D eigenvalue weighted by molar-refractivity contribution is 9.10. The summed E-state index contributed by atoms with van der Waals surface area (Å²) < 4.78 is 6.49. The van der Waals surface area contributed by atoms with Crippen molar-refractivity contribution in [3.63, 3.8) is 0 Å². The number of carbonyl (C=O) groups excluding carboxylic acids is 1. The van der Waals surface area contributed by atoms with Gasteiger partial charge in [-0.05, 0) is 44.4 Å². The van der Waals surface area contributed by atoms with E-state index in [2.05, 4.69) is 39.0 Å². The maximum atomic E-state index is 11.8. The molecule has 0 saturated carbocycles. The minimum atomic E-state index is -0.411. The standard InChI is InChI=1S/C15H20BrNO2/c1-15(2,3)19-14(18)10-17-8-7-11-5-4-6-13(16)12(11)9-17/h4-6H,7-10H2,1-3H3. The lowest BCUT2D eigenvalue weighted by molar-refractivity contribution is -0.156. The smallest absolute Gasteiger partial charge is 0.320 e. The first-order valence-corrected chi connectivity index (χ1v) is 7.35. The highest BCUT2D eigenvalue weighted by atomic mass is 79.9. The zero-order chi connectivity index (χ0) is 14.0. The van der Waals surface area contributed by atoms with Gasteiger partial charge < -0.3 is 4.74 Å². The molecular formula is C15H20BrNO2. The van der Waals surface area contributed by atoms with Crippen molar-refractivity contribution in [1.82, 2.24) is 4.90 Å². The van der Waals surface area contributed by atoms with E-state index >= 15 is 0 Å². The molecule has 0 saturated heterocycles. The van der Waals surface area contributed by atoms with Crippen LogP contribution >= 0.6 is 15.9 Å². The summed E-state index contributed by atoms with van der Waals surface area (Å²) in [5.74, 6) is -0.150. The highest BCUT2D eigenvalue weighted by Crippen LogP contribution is 2.26. The molecule has 0 unspecified atom stereocenters. The van der Waals surface area contributed by atoms with Gasteiger partial charge in [0.15, 0.2) is 0 Å². The van der Waals surface area contributed by atoms with E-state index in [9.17, 15) is 4.79 Å². The van der Waals surface area contributed by atoms with Crippen molar-refractivity contribution in [3.05, 3.63) is 33.8 Å². The Morgan fingerprint density at radius 1 is 1.42 bits per heavy atom. The van der Waals surface area contributed by atoms with Crippen molar-refractivity contribution >= 4 is 21.9 Å². The molecule has 0 spiro atoms. The maximum absolute atomic E-state index is 11.8. The van der Waals surface area contributed by atoms with E-state index < -0.39 is 5.60 Å². The molecule has 0 aliphatic carbocycles. The van der Waals surface area contributed by atoms with Gasteiger partial charge in [0.05, 0.1) is 6.54 Å². The first-order chi connectivity index (χ1) is 8.85. The predicted octanol–water partition coefficient (Wildman–Crippen LogP) is 3.15. The Morgan fingerprint density at radius 2 is 2.16 bits per heavy atom. The quantitative estimate of drug-likeness (QED) is 0.782. The second-order valence-corrected chi connectivity index (χ2v) is 6.78. The minimum absolute atomic E-state index is 0.150. The zero-order valence-corrected chi connectivity index (χ0v) is 13.3. The molecule has 0 bridgehead atoms. The zero-order valence-electron chi connectivity index (χ0n) is 11.7. The van der Waals surface area contributed by atoms with Gasteiger partial charge in [0.1, 0.15) is 5.60 Å². The Kier molecular flexibility index (Phi) is 4.31. The number of rotatable bonds is 2. The van der Waals surface area contributed by atoms with E-state index in [1.54, 1.807) is 0 Å². The van der Waals surface area contributed by atoms with Gasteiger partial charge in [-0.1, -0.05) is 28.1 Å². The summed E-state index contributed by atoms with van der Waals surface area (Å²) in [6.07, 6.45) is 0.984. The Morgan fingerprint density at radius 3 is 2.84 bits per heavy atom. The van der Waals surface area contributed by atoms with Crippen LogP contribution in [0.4, 0.5) is 0 Å². The van der Waals surface area contributed by atoms with E-state index in [1.165, 1.54) is 11.1 Å². The first-order valence-electron chi connectivity index (χ1n) is 6.55. The van der Waals surface area contributed by atoms with Crippen LogP contribution in [0, 0.1) is 0 Å². The van der Waals surface area contributed by atoms with Crippen LogP contribution in [-0.4, -0.2) is 29.6 Å². The molecule has 0 fully saturated rings. The molecule has 0 amide bonds. The molecular weight excluding hydrogens is 306 g/mol. The summed E-state index contributed by atoms with van der Waals surface area (Å²) in [7, 11) is 0. The number of esters is 1. The van der Waals surface area contributed by atoms with Gasteiger partial charge in [0, 0.05) is 17.6 Å². The topological polar surface area (TPSA) is 29.5 Å². The van der Waals surface area contributed by atoms with E-state index in [0.717, 1.165) is 24.0 Å².